The van der Waals surface area contributed by atoms with E-state index in [4.69, 9.17) is 4.74 Å². The van der Waals surface area contributed by atoms with E-state index in [-0.39, 0.29) is 0 Å². The molecule has 6 heteroatoms. The number of rotatable bonds is 7. The lowest BCUT2D eigenvalue weighted by atomic mass is 10.2. The highest BCUT2D eigenvalue weighted by Gasteiger charge is 2.18. The van der Waals surface area contributed by atoms with Gasteiger partial charge in [-0.3, -0.25) is 0 Å². The molecule has 0 aromatic carbocycles. The normalized spacial score (nSPS) is 10.5. The molecule has 0 spiro atoms. The van der Waals surface area contributed by atoms with Gasteiger partial charge in [0.05, 0.1) is 12.8 Å². The Hall–Kier alpha value is -1.43. The SMILES string of the molecule is CCc1c(C(=O)OC)nnn1CCCCOC. The number of aromatic nitrogens is 3. The fourth-order valence-electron chi connectivity index (χ4n) is 1.63. The molecule has 1 aromatic rings. The molecule has 0 aliphatic heterocycles. The average molecular weight is 241 g/mol. The number of hydrogen-bond donors (Lipinski definition) is 0. The molecular formula is C11H19N3O3. The van der Waals surface area contributed by atoms with E-state index in [0.29, 0.717) is 12.1 Å². The highest BCUT2D eigenvalue weighted by molar-refractivity contribution is 5.88. The second-order valence-corrected chi connectivity index (χ2v) is 3.65. The molecule has 6 nitrogen and oxygen atoms in total. The summed E-state index contributed by atoms with van der Waals surface area (Å²) < 4.78 is 11.4. The lowest BCUT2D eigenvalue weighted by Crippen LogP contribution is -2.09. The molecule has 0 fully saturated rings. The third-order valence-corrected chi connectivity index (χ3v) is 2.52. The Morgan fingerprint density at radius 1 is 1.35 bits per heavy atom. The minimum atomic E-state index is -0.426. The summed E-state index contributed by atoms with van der Waals surface area (Å²) in [6, 6.07) is 0. The topological polar surface area (TPSA) is 66.2 Å². The molecule has 1 rings (SSSR count). The molecule has 1 aromatic heterocycles. The summed E-state index contributed by atoms with van der Waals surface area (Å²) in [5.41, 5.74) is 1.15. The van der Waals surface area contributed by atoms with Crippen LogP contribution in [0.1, 0.15) is 35.9 Å². The number of unbranched alkanes of at least 4 members (excludes halogenated alkanes) is 1. The monoisotopic (exact) mass is 241 g/mol. The second kappa shape index (κ2) is 7.01. The van der Waals surface area contributed by atoms with Crippen molar-refractivity contribution in [1.82, 2.24) is 15.0 Å². The number of carbonyl (C=O) groups is 1. The zero-order valence-corrected chi connectivity index (χ0v) is 10.6. The highest BCUT2D eigenvalue weighted by atomic mass is 16.5. The molecule has 0 radical (unpaired) electrons. The number of carbonyl (C=O) groups excluding carboxylic acids is 1. The van der Waals surface area contributed by atoms with Crippen LogP contribution in [-0.2, 0) is 22.4 Å². The summed E-state index contributed by atoms with van der Waals surface area (Å²) in [6.45, 7) is 3.45. The fourth-order valence-corrected chi connectivity index (χ4v) is 1.63. The highest BCUT2D eigenvalue weighted by Crippen LogP contribution is 2.09. The number of methoxy groups -OCH3 is 2. The molecule has 0 saturated carbocycles. The summed E-state index contributed by atoms with van der Waals surface area (Å²) in [6.07, 6.45) is 2.62. The van der Waals surface area contributed by atoms with Crippen molar-refractivity contribution in [3.8, 4) is 0 Å². The average Bonchev–Trinajstić information content (AvgIpc) is 2.76. The predicted octanol–water partition coefficient (Wildman–Crippen LogP) is 1.05. The third-order valence-electron chi connectivity index (χ3n) is 2.52. The van der Waals surface area contributed by atoms with Gasteiger partial charge in [0.2, 0.25) is 0 Å². The molecule has 0 atom stereocenters. The number of hydrogen-bond acceptors (Lipinski definition) is 5. The van der Waals surface area contributed by atoms with Gasteiger partial charge in [-0.2, -0.15) is 0 Å². The van der Waals surface area contributed by atoms with Crippen LogP contribution in [0.4, 0.5) is 0 Å². The summed E-state index contributed by atoms with van der Waals surface area (Å²) >= 11 is 0. The number of esters is 1. The van der Waals surface area contributed by atoms with E-state index in [1.165, 1.54) is 7.11 Å². The van der Waals surface area contributed by atoms with Crippen molar-refractivity contribution in [3.63, 3.8) is 0 Å². The first-order valence-electron chi connectivity index (χ1n) is 5.74. The van der Waals surface area contributed by atoms with Crippen LogP contribution >= 0.6 is 0 Å². The lowest BCUT2D eigenvalue weighted by Gasteiger charge is -2.05. The zero-order valence-electron chi connectivity index (χ0n) is 10.6. The Bertz CT molecular complexity index is 363. The van der Waals surface area contributed by atoms with Gasteiger partial charge in [-0.05, 0) is 19.3 Å². The van der Waals surface area contributed by atoms with Gasteiger partial charge in [0.25, 0.3) is 0 Å². The van der Waals surface area contributed by atoms with Crippen LogP contribution in [0.5, 0.6) is 0 Å². The first-order chi connectivity index (χ1) is 8.24. The van der Waals surface area contributed by atoms with E-state index in [1.54, 1.807) is 11.8 Å². The second-order valence-electron chi connectivity index (χ2n) is 3.65. The van der Waals surface area contributed by atoms with E-state index in [2.05, 4.69) is 15.0 Å². The van der Waals surface area contributed by atoms with Gasteiger partial charge < -0.3 is 9.47 Å². The Morgan fingerprint density at radius 3 is 2.71 bits per heavy atom. The number of nitrogens with zero attached hydrogens (tertiary/aromatic N) is 3. The van der Waals surface area contributed by atoms with Crippen LogP contribution in [0.15, 0.2) is 0 Å². The summed E-state index contributed by atoms with van der Waals surface area (Å²) in [5.74, 6) is -0.426. The van der Waals surface area contributed by atoms with Gasteiger partial charge in [-0.15, -0.1) is 5.10 Å². The molecule has 0 N–H and O–H groups in total. The minimum absolute atomic E-state index is 0.321. The molecule has 0 aliphatic carbocycles. The maximum atomic E-state index is 11.4. The van der Waals surface area contributed by atoms with E-state index in [1.807, 2.05) is 6.92 Å². The lowest BCUT2D eigenvalue weighted by molar-refractivity contribution is 0.0592. The fraction of sp³-hybridized carbons (Fsp3) is 0.727. The van der Waals surface area contributed by atoms with E-state index < -0.39 is 5.97 Å². The van der Waals surface area contributed by atoms with Gasteiger partial charge >= 0.3 is 5.97 Å². The van der Waals surface area contributed by atoms with Crippen LogP contribution in [0.2, 0.25) is 0 Å². The molecular weight excluding hydrogens is 222 g/mol. The van der Waals surface area contributed by atoms with Crippen LogP contribution in [0.25, 0.3) is 0 Å². The van der Waals surface area contributed by atoms with Gasteiger partial charge in [0.15, 0.2) is 5.69 Å². The molecule has 0 unspecified atom stereocenters. The van der Waals surface area contributed by atoms with E-state index >= 15 is 0 Å². The Labute approximate surface area is 101 Å². The number of ether oxygens (including phenoxy) is 2. The molecule has 17 heavy (non-hydrogen) atoms. The van der Waals surface area contributed by atoms with Gasteiger partial charge in [0, 0.05) is 20.3 Å². The molecule has 0 aliphatic rings. The van der Waals surface area contributed by atoms with Crippen molar-refractivity contribution in [2.45, 2.75) is 32.7 Å². The molecule has 1 heterocycles. The van der Waals surface area contributed by atoms with Crippen molar-refractivity contribution < 1.29 is 14.3 Å². The maximum Gasteiger partial charge on any atom is 0.360 e. The molecule has 0 amide bonds. The Kier molecular flexibility index (Phi) is 5.62. The molecule has 0 bridgehead atoms. The Morgan fingerprint density at radius 2 is 2.12 bits per heavy atom. The predicted molar refractivity (Wildman–Crippen MR) is 61.8 cm³/mol. The smallest absolute Gasteiger partial charge is 0.360 e. The largest absolute Gasteiger partial charge is 0.464 e. The summed E-state index contributed by atoms with van der Waals surface area (Å²) in [5, 5.41) is 7.84. The van der Waals surface area contributed by atoms with Crippen LogP contribution in [0, 0.1) is 0 Å². The van der Waals surface area contributed by atoms with E-state index in [0.717, 1.165) is 31.7 Å². The number of aryl methyl sites for hydroxylation is 1. The Balaban J connectivity index is 2.66. The van der Waals surface area contributed by atoms with Gasteiger partial charge in [0.1, 0.15) is 0 Å². The minimum Gasteiger partial charge on any atom is -0.464 e. The van der Waals surface area contributed by atoms with Crippen molar-refractivity contribution in [3.05, 3.63) is 11.4 Å². The standard InChI is InChI=1S/C11H19N3O3/c1-4-9-10(11(15)17-3)12-13-14(9)7-5-6-8-16-2/h4-8H2,1-3H3. The van der Waals surface area contributed by atoms with E-state index in [9.17, 15) is 4.79 Å². The first-order valence-corrected chi connectivity index (χ1v) is 5.74. The van der Waals surface area contributed by atoms with Crippen LogP contribution in [0.3, 0.4) is 0 Å². The van der Waals surface area contributed by atoms with Gasteiger partial charge in [-0.25, -0.2) is 9.48 Å². The van der Waals surface area contributed by atoms with Crippen molar-refractivity contribution in [2.75, 3.05) is 20.8 Å². The summed E-state index contributed by atoms with van der Waals surface area (Å²) in [7, 11) is 3.03. The third kappa shape index (κ3) is 3.52. The van der Waals surface area contributed by atoms with Crippen molar-refractivity contribution in [2.24, 2.45) is 0 Å². The van der Waals surface area contributed by atoms with Gasteiger partial charge in [-0.1, -0.05) is 12.1 Å². The zero-order chi connectivity index (χ0) is 12.7. The van der Waals surface area contributed by atoms with Crippen molar-refractivity contribution in [1.29, 1.82) is 0 Å². The van der Waals surface area contributed by atoms with Crippen LogP contribution < -0.4 is 0 Å². The maximum absolute atomic E-state index is 11.4. The van der Waals surface area contributed by atoms with Crippen LogP contribution in [-0.4, -0.2) is 41.8 Å². The summed E-state index contributed by atoms with van der Waals surface area (Å²) in [4.78, 5) is 11.4. The quantitative estimate of drug-likeness (QED) is 0.527. The molecule has 0 saturated heterocycles. The first kappa shape index (κ1) is 13.6. The molecule has 96 valence electrons. The van der Waals surface area contributed by atoms with Crippen molar-refractivity contribution >= 4 is 5.97 Å².